The minimum absolute atomic E-state index is 0.262. The van der Waals surface area contributed by atoms with Crippen LogP contribution in [0.3, 0.4) is 0 Å². The molecular weight excluding hydrogens is 390 g/mol. The number of carbonyl (C=O) groups is 3. The lowest BCUT2D eigenvalue weighted by Crippen LogP contribution is -2.42. The van der Waals surface area contributed by atoms with E-state index in [-0.39, 0.29) is 12.0 Å². The first-order valence-electron chi connectivity index (χ1n) is 10.2. The van der Waals surface area contributed by atoms with E-state index in [1.54, 1.807) is 13.8 Å². The van der Waals surface area contributed by atoms with Crippen molar-refractivity contribution in [1.29, 1.82) is 0 Å². The van der Waals surface area contributed by atoms with Crippen molar-refractivity contribution in [1.82, 2.24) is 0 Å². The Morgan fingerprint density at radius 2 is 1.69 bits per heavy atom. The highest BCUT2D eigenvalue weighted by Crippen LogP contribution is 2.40. The quantitative estimate of drug-likeness (QED) is 0.585. The molecule has 1 amide bonds. The summed E-state index contributed by atoms with van der Waals surface area (Å²) in [6.07, 6.45) is 4.15. The van der Waals surface area contributed by atoms with E-state index < -0.39 is 23.8 Å². The van der Waals surface area contributed by atoms with Crippen LogP contribution in [-0.4, -0.2) is 23.9 Å². The first-order chi connectivity index (χ1) is 13.7. The van der Waals surface area contributed by atoms with Crippen LogP contribution in [0.15, 0.2) is 11.1 Å². The van der Waals surface area contributed by atoms with E-state index in [4.69, 9.17) is 4.74 Å². The normalized spacial score (nSPS) is 21.7. The van der Waals surface area contributed by atoms with Crippen LogP contribution in [0.5, 0.6) is 0 Å². The number of fused-ring (bicyclic) bond motifs is 1. The summed E-state index contributed by atoms with van der Waals surface area (Å²) in [6, 6.07) is 0. The predicted octanol–water partition coefficient (Wildman–Crippen LogP) is 3.24. The Kier molecular flexibility index (Phi) is 6.46. The third-order valence-electron chi connectivity index (χ3n) is 5.86. The maximum atomic E-state index is 13.1. The van der Waals surface area contributed by atoms with Crippen LogP contribution in [0.2, 0.25) is 0 Å². The van der Waals surface area contributed by atoms with Crippen molar-refractivity contribution in [3.8, 4) is 0 Å². The summed E-state index contributed by atoms with van der Waals surface area (Å²) >= 11 is 1.41. The Morgan fingerprint density at radius 1 is 1.07 bits per heavy atom. The molecule has 3 rings (SSSR count). The lowest BCUT2D eigenvalue weighted by atomic mass is 9.76. The van der Waals surface area contributed by atoms with Crippen molar-refractivity contribution in [2.45, 2.75) is 72.3 Å². The van der Waals surface area contributed by atoms with Crippen molar-refractivity contribution in [3.63, 3.8) is 0 Å². The fraction of sp³-hybridized carbons (Fsp3) is 0.591. The number of esters is 1. The Labute approximate surface area is 175 Å². The highest BCUT2D eigenvalue weighted by molar-refractivity contribution is 7.17. The van der Waals surface area contributed by atoms with Gasteiger partial charge in [-0.2, -0.15) is 0 Å². The number of carbonyl (C=O) groups excluding carboxylic acids is 3. The molecule has 1 aromatic heterocycles. The number of amides is 1. The molecule has 0 saturated carbocycles. The van der Waals surface area contributed by atoms with Gasteiger partial charge in [0.2, 0.25) is 5.91 Å². The molecule has 0 fully saturated rings. The third-order valence-corrected chi connectivity index (χ3v) is 7.07. The second kappa shape index (κ2) is 8.69. The molecule has 1 heterocycles. The average Bonchev–Trinajstić information content (AvgIpc) is 3.00. The molecule has 0 aliphatic heterocycles. The van der Waals surface area contributed by atoms with E-state index in [9.17, 15) is 19.5 Å². The maximum Gasteiger partial charge on any atom is 0.341 e. The number of carboxylic acids is 1. The Bertz CT molecular complexity index is 867. The largest absolute Gasteiger partial charge is 0.550 e. The van der Waals surface area contributed by atoms with Crippen molar-refractivity contribution < 1.29 is 24.2 Å². The van der Waals surface area contributed by atoms with Gasteiger partial charge in [-0.1, -0.05) is 11.1 Å². The van der Waals surface area contributed by atoms with Gasteiger partial charge < -0.3 is 20.0 Å². The van der Waals surface area contributed by atoms with E-state index >= 15 is 0 Å². The van der Waals surface area contributed by atoms with Crippen LogP contribution in [0.4, 0.5) is 5.00 Å². The molecule has 158 valence electrons. The van der Waals surface area contributed by atoms with E-state index in [1.165, 1.54) is 11.3 Å². The van der Waals surface area contributed by atoms with Gasteiger partial charge in [-0.15, -0.1) is 11.3 Å². The molecule has 0 spiro atoms. The smallest absolute Gasteiger partial charge is 0.341 e. The van der Waals surface area contributed by atoms with Crippen molar-refractivity contribution in [3.05, 3.63) is 27.2 Å². The molecular formula is C22H28NO5S-. The number of rotatable bonds is 5. The topological polar surface area (TPSA) is 95.5 Å². The number of aliphatic carboxylic acids is 1. The zero-order chi connectivity index (χ0) is 21.3. The third kappa shape index (κ3) is 4.55. The van der Waals surface area contributed by atoms with Gasteiger partial charge >= 0.3 is 5.97 Å². The van der Waals surface area contributed by atoms with Gasteiger partial charge in [0, 0.05) is 16.8 Å². The average molecular weight is 419 g/mol. The highest BCUT2D eigenvalue weighted by Gasteiger charge is 2.35. The van der Waals surface area contributed by atoms with Gasteiger partial charge in [0.15, 0.2) is 0 Å². The molecule has 0 unspecified atom stereocenters. The number of thiophene rings is 1. The molecule has 1 aromatic rings. The summed E-state index contributed by atoms with van der Waals surface area (Å²) in [5.41, 5.74) is 3.44. The molecule has 29 heavy (non-hydrogen) atoms. The van der Waals surface area contributed by atoms with E-state index in [0.717, 1.165) is 47.3 Å². The fourth-order valence-electron chi connectivity index (χ4n) is 4.16. The lowest BCUT2D eigenvalue weighted by Gasteiger charge is -2.32. The van der Waals surface area contributed by atoms with Crippen LogP contribution in [-0.2, 0) is 27.2 Å². The summed E-state index contributed by atoms with van der Waals surface area (Å²) in [6.45, 7) is 7.40. The molecule has 2 aliphatic rings. The molecule has 1 N–H and O–H groups in total. The number of ether oxygens (including phenoxy) is 1. The predicted molar refractivity (Wildman–Crippen MR) is 110 cm³/mol. The van der Waals surface area contributed by atoms with Gasteiger partial charge in [0.05, 0.1) is 17.6 Å². The van der Waals surface area contributed by atoms with E-state index in [2.05, 4.69) is 5.32 Å². The first kappa shape index (κ1) is 21.6. The molecule has 0 radical (unpaired) electrons. The summed E-state index contributed by atoms with van der Waals surface area (Å²) in [7, 11) is 0. The number of hydrogen-bond acceptors (Lipinski definition) is 6. The van der Waals surface area contributed by atoms with E-state index in [0.29, 0.717) is 23.4 Å². The molecule has 0 saturated heterocycles. The number of anilines is 1. The SMILES string of the molecule is CC1=C(C)C[C@@H](C(=O)Nc2sc3c(c2C(=O)OC(C)C)CCCC3)[C@@H](C(=O)[O-])C1. The molecule has 6 nitrogen and oxygen atoms in total. The van der Waals surface area contributed by atoms with Crippen LogP contribution >= 0.6 is 11.3 Å². The fourth-order valence-corrected chi connectivity index (χ4v) is 5.44. The Morgan fingerprint density at radius 3 is 2.31 bits per heavy atom. The monoisotopic (exact) mass is 418 g/mol. The van der Waals surface area contributed by atoms with Gasteiger partial charge in [-0.3, -0.25) is 4.79 Å². The Balaban J connectivity index is 1.91. The number of carboxylic acid groups (broad SMARTS) is 1. The molecule has 0 aromatic carbocycles. The van der Waals surface area contributed by atoms with Crippen molar-refractivity contribution >= 4 is 34.2 Å². The molecule has 7 heteroatoms. The zero-order valence-corrected chi connectivity index (χ0v) is 18.2. The standard InChI is InChI=1S/C22H29NO5S/c1-11(2)28-22(27)18-14-7-5-6-8-17(14)29-20(18)23-19(24)15-9-12(3)13(4)10-16(15)21(25)26/h11,15-16H,5-10H2,1-4H3,(H,23,24)(H,25,26)/p-1/t15-,16+/m1/s1. The van der Waals surface area contributed by atoms with Crippen LogP contribution in [0.25, 0.3) is 0 Å². The summed E-state index contributed by atoms with van der Waals surface area (Å²) in [4.78, 5) is 38.6. The van der Waals surface area contributed by atoms with Crippen LogP contribution in [0.1, 0.15) is 74.2 Å². The first-order valence-corrected chi connectivity index (χ1v) is 11.0. The van der Waals surface area contributed by atoms with Crippen molar-refractivity contribution in [2.75, 3.05) is 5.32 Å². The van der Waals surface area contributed by atoms with Gasteiger partial charge in [-0.05, 0) is 71.8 Å². The maximum absolute atomic E-state index is 13.1. The minimum atomic E-state index is -1.21. The number of nitrogens with one attached hydrogen (secondary N) is 1. The highest BCUT2D eigenvalue weighted by atomic mass is 32.1. The Hall–Kier alpha value is -2.15. The summed E-state index contributed by atoms with van der Waals surface area (Å²) < 4.78 is 5.42. The number of allylic oxidation sites excluding steroid dienone is 2. The van der Waals surface area contributed by atoms with Gasteiger partial charge in [0.1, 0.15) is 5.00 Å². The lowest BCUT2D eigenvalue weighted by molar-refractivity contribution is -0.313. The minimum Gasteiger partial charge on any atom is -0.550 e. The number of hydrogen-bond donors (Lipinski definition) is 1. The van der Waals surface area contributed by atoms with E-state index in [1.807, 2.05) is 13.8 Å². The zero-order valence-electron chi connectivity index (χ0n) is 17.4. The summed E-state index contributed by atoms with van der Waals surface area (Å²) in [5.74, 6) is -3.58. The van der Waals surface area contributed by atoms with Crippen LogP contribution < -0.4 is 10.4 Å². The van der Waals surface area contributed by atoms with Crippen molar-refractivity contribution in [2.24, 2.45) is 11.8 Å². The van der Waals surface area contributed by atoms with Gasteiger partial charge in [-0.25, -0.2) is 4.79 Å². The van der Waals surface area contributed by atoms with Crippen LogP contribution in [0, 0.1) is 11.8 Å². The second-order valence-corrected chi connectivity index (χ2v) is 9.46. The van der Waals surface area contributed by atoms with Gasteiger partial charge in [0.25, 0.3) is 0 Å². The molecule has 2 atom stereocenters. The summed E-state index contributed by atoms with van der Waals surface area (Å²) in [5, 5.41) is 15.0. The second-order valence-electron chi connectivity index (χ2n) is 8.36. The number of aryl methyl sites for hydroxylation is 1. The molecule has 0 bridgehead atoms. The molecule has 2 aliphatic carbocycles.